The van der Waals surface area contributed by atoms with Crippen molar-refractivity contribution in [3.05, 3.63) is 12.2 Å². The first kappa shape index (κ1) is 18.2. The molecule has 0 saturated carbocycles. The van der Waals surface area contributed by atoms with E-state index in [1.54, 1.807) is 6.08 Å². The molecule has 0 heterocycles. The topological polar surface area (TPSA) is 29.5 Å². The molecular formula is C16H31NO2. The van der Waals surface area contributed by atoms with Crippen molar-refractivity contribution < 1.29 is 9.53 Å². The van der Waals surface area contributed by atoms with E-state index in [0.717, 1.165) is 26.1 Å². The maximum absolute atomic E-state index is 11.4. The number of hydrogen-bond acceptors (Lipinski definition) is 3. The smallest absolute Gasteiger partial charge is 0.330 e. The number of unbranched alkanes of at least 4 members (excludes halogenated alkanes) is 5. The first-order valence-electron chi connectivity index (χ1n) is 7.80. The Morgan fingerprint density at radius 1 is 1.05 bits per heavy atom. The van der Waals surface area contributed by atoms with Crippen LogP contribution in [-0.2, 0) is 9.53 Å². The van der Waals surface area contributed by atoms with Crippen LogP contribution in [-0.4, -0.2) is 37.1 Å². The fourth-order valence-electron chi connectivity index (χ4n) is 1.91. The van der Waals surface area contributed by atoms with Gasteiger partial charge in [0.15, 0.2) is 0 Å². The van der Waals surface area contributed by atoms with E-state index >= 15 is 0 Å². The maximum Gasteiger partial charge on any atom is 0.330 e. The molecule has 112 valence electrons. The monoisotopic (exact) mass is 269 g/mol. The number of carbonyl (C=O) groups excluding carboxylic acids is 1. The normalized spacial score (nSPS) is 11.4. The van der Waals surface area contributed by atoms with Crippen molar-refractivity contribution in [2.45, 2.75) is 59.3 Å². The van der Waals surface area contributed by atoms with Gasteiger partial charge >= 0.3 is 5.97 Å². The van der Waals surface area contributed by atoms with Crippen molar-refractivity contribution in [3.8, 4) is 0 Å². The van der Waals surface area contributed by atoms with Gasteiger partial charge in [-0.05, 0) is 25.9 Å². The third kappa shape index (κ3) is 12.0. The fraction of sp³-hybridized carbons (Fsp3) is 0.812. The van der Waals surface area contributed by atoms with Crippen LogP contribution in [0.5, 0.6) is 0 Å². The van der Waals surface area contributed by atoms with Crippen LogP contribution in [0.3, 0.4) is 0 Å². The number of hydrogen-bond donors (Lipinski definition) is 0. The Bertz CT molecular complexity index is 235. The molecule has 0 aromatic heterocycles. The first-order valence-corrected chi connectivity index (χ1v) is 7.80. The number of allylic oxidation sites excluding steroid dienone is 1. The Morgan fingerprint density at radius 2 is 1.74 bits per heavy atom. The zero-order valence-corrected chi connectivity index (χ0v) is 13.0. The molecule has 3 heteroatoms. The highest BCUT2D eigenvalue weighted by atomic mass is 16.5. The second-order valence-electron chi connectivity index (χ2n) is 4.80. The summed E-state index contributed by atoms with van der Waals surface area (Å²) in [5, 5.41) is 0. The molecule has 0 fully saturated rings. The highest BCUT2D eigenvalue weighted by Gasteiger charge is 2.00. The van der Waals surface area contributed by atoms with E-state index in [1.807, 2.05) is 6.08 Å². The van der Waals surface area contributed by atoms with Crippen molar-refractivity contribution in [1.29, 1.82) is 0 Å². The molecule has 0 atom stereocenters. The number of ether oxygens (including phenoxy) is 1. The lowest BCUT2D eigenvalue weighted by Gasteiger charge is -2.16. The van der Waals surface area contributed by atoms with Gasteiger partial charge in [0.2, 0.25) is 0 Å². The molecule has 0 rings (SSSR count). The predicted octanol–water partition coefficient (Wildman–Crippen LogP) is 3.79. The van der Waals surface area contributed by atoms with Gasteiger partial charge in [0.1, 0.15) is 6.61 Å². The molecule has 0 aliphatic heterocycles. The summed E-state index contributed by atoms with van der Waals surface area (Å²) in [6, 6.07) is 0. The molecular weight excluding hydrogens is 238 g/mol. The van der Waals surface area contributed by atoms with Crippen LogP contribution in [0.15, 0.2) is 12.2 Å². The van der Waals surface area contributed by atoms with Crippen molar-refractivity contribution in [2.75, 3.05) is 26.2 Å². The van der Waals surface area contributed by atoms with Crippen LogP contribution < -0.4 is 0 Å². The zero-order valence-electron chi connectivity index (χ0n) is 13.0. The summed E-state index contributed by atoms with van der Waals surface area (Å²) in [6.07, 6.45) is 10.8. The van der Waals surface area contributed by atoms with Crippen LogP contribution in [0.1, 0.15) is 59.3 Å². The van der Waals surface area contributed by atoms with E-state index in [4.69, 9.17) is 4.74 Å². The van der Waals surface area contributed by atoms with Crippen LogP contribution in [0.25, 0.3) is 0 Å². The minimum Gasteiger partial charge on any atom is -0.461 e. The lowest BCUT2D eigenvalue weighted by molar-refractivity contribution is -0.138. The SMILES string of the molecule is CCCCCCC/C=C/C(=O)OCCN(CC)CC. The van der Waals surface area contributed by atoms with Crippen LogP contribution in [0, 0.1) is 0 Å². The number of likely N-dealkylation sites (N-methyl/N-ethyl adjacent to an activating group) is 1. The molecule has 0 aromatic carbocycles. The second kappa shape index (κ2) is 13.6. The zero-order chi connectivity index (χ0) is 14.3. The average molecular weight is 269 g/mol. The van der Waals surface area contributed by atoms with E-state index < -0.39 is 0 Å². The van der Waals surface area contributed by atoms with E-state index in [-0.39, 0.29) is 5.97 Å². The molecule has 0 aliphatic carbocycles. The Hall–Kier alpha value is -0.830. The van der Waals surface area contributed by atoms with Crippen LogP contribution >= 0.6 is 0 Å². The van der Waals surface area contributed by atoms with Crippen molar-refractivity contribution in [3.63, 3.8) is 0 Å². The molecule has 0 spiro atoms. The third-order valence-electron chi connectivity index (χ3n) is 3.27. The number of nitrogens with zero attached hydrogens (tertiary/aromatic N) is 1. The molecule has 0 amide bonds. The van der Waals surface area contributed by atoms with Gasteiger partial charge in [-0.1, -0.05) is 52.5 Å². The van der Waals surface area contributed by atoms with Gasteiger partial charge in [-0.25, -0.2) is 4.79 Å². The van der Waals surface area contributed by atoms with E-state index in [1.165, 1.54) is 32.1 Å². The first-order chi connectivity index (χ1) is 9.24. The summed E-state index contributed by atoms with van der Waals surface area (Å²) in [5.74, 6) is -0.208. The second-order valence-corrected chi connectivity index (χ2v) is 4.80. The lowest BCUT2D eigenvalue weighted by atomic mass is 10.1. The third-order valence-corrected chi connectivity index (χ3v) is 3.27. The fourth-order valence-corrected chi connectivity index (χ4v) is 1.91. The van der Waals surface area contributed by atoms with Gasteiger partial charge < -0.3 is 9.64 Å². The molecule has 0 aliphatic rings. The molecule has 0 N–H and O–H groups in total. The Morgan fingerprint density at radius 3 is 2.37 bits per heavy atom. The van der Waals surface area contributed by atoms with E-state index in [0.29, 0.717) is 6.61 Å². The summed E-state index contributed by atoms with van der Waals surface area (Å²) < 4.78 is 5.15. The van der Waals surface area contributed by atoms with Gasteiger partial charge in [0, 0.05) is 12.6 Å². The van der Waals surface area contributed by atoms with Crippen LogP contribution in [0.2, 0.25) is 0 Å². The lowest BCUT2D eigenvalue weighted by Crippen LogP contribution is -2.27. The number of esters is 1. The minimum atomic E-state index is -0.208. The molecule has 0 unspecified atom stereocenters. The Labute approximate surface area is 119 Å². The van der Waals surface area contributed by atoms with Gasteiger partial charge in [0.05, 0.1) is 0 Å². The standard InChI is InChI=1S/C16H31NO2/c1-4-7-8-9-10-11-12-13-16(18)19-15-14-17(5-2)6-3/h12-13H,4-11,14-15H2,1-3H3/b13-12+. The maximum atomic E-state index is 11.4. The summed E-state index contributed by atoms with van der Waals surface area (Å²) in [4.78, 5) is 13.6. The summed E-state index contributed by atoms with van der Waals surface area (Å²) in [7, 11) is 0. The largest absolute Gasteiger partial charge is 0.461 e. The van der Waals surface area contributed by atoms with E-state index in [2.05, 4.69) is 25.7 Å². The van der Waals surface area contributed by atoms with Crippen molar-refractivity contribution in [2.24, 2.45) is 0 Å². The Kier molecular flexibility index (Phi) is 13.0. The van der Waals surface area contributed by atoms with Gasteiger partial charge in [-0.15, -0.1) is 0 Å². The van der Waals surface area contributed by atoms with E-state index in [9.17, 15) is 4.79 Å². The quantitative estimate of drug-likeness (QED) is 0.307. The van der Waals surface area contributed by atoms with Gasteiger partial charge in [0.25, 0.3) is 0 Å². The molecule has 0 radical (unpaired) electrons. The van der Waals surface area contributed by atoms with Crippen molar-refractivity contribution >= 4 is 5.97 Å². The van der Waals surface area contributed by atoms with Crippen molar-refractivity contribution in [1.82, 2.24) is 4.90 Å². The molecule has 19 heavy (non-hydrogen) atoms. The number of rotatable bonds is 12. The summed E-state index contributed by atoms with van der Waals surface area (Å²) in [6.45, 7) is 9.76. The molecule has 0 saturated heterocycles. The minimum absolute atomic E-state index is 0.208. The van der Waals surface area contributed by atoms with Gasteiger partial charge in [-0.2, -0.15) is 0 Å². The average Bonchev–Trinajstić information content (AvgIpc) is 2.42. The highest BCUT2D eigenvalue weighted by molar-refractivity contribution is 5.81. The highest BCUT2D eigenvalue weighted by Crippen LogP contribution is 2.05. The molecule has 3 nitrogen and oxygen atoms in total. The summed E-state index contributed by atoms with van der Waals surface area (Å²) in [5.41, 5.74) is 0. The molecule has 0 bridgehead atoms. The summed E-state index contributed by atoms with van der Waals surface area (Å²) >= 11 is 0. The molecule has 0 aromatic rings. The predicted molar refractivity (Wildman–Crippen MR) is 81.3 cm³/mol. The Balaban J connectivity index is 3.47. The number of carbonyl (C=O) groups is 1. The van der Waals surface area contributed by atoms with Crippen LogP contribution in [0.4, 0.5) is 0 Å². The van der Waals surface area contributed by atoms with Gasteiger partial charge in [-0.3, -0.25) is 0 Å².